The summed E-state index contributed by atoms with van der Waals surface area (Å²) in [6.45, 7) is 3.25. The number of hydrogen-bond acceptors (Lipinski definition) is 5. The van der Waals surface area contributed by atoms with Gasteiger partial charge in [0.2, 0.25) is 0 Å². The monoisotopic (exact) mass is 376 g/mol. The first-order chi connectivity index (χ1) is 12.7. The normalized spacial score (nSPS) is 20.0. The van der Waals surface area contributed by atoms with Crippen molar-refractivity contribution in [2.45, 2.75) is 36.9 Å². The van der Waals surface area contributed by atoms with Crippen molar-refractivity contribution < 1.29 is 4.79 Å². The summed E-state index contributed by atoms with van der Waals surface area (Å²) in [6, 6.07) is 0. The summed E-state index contributed by atoms with van der Waals surface area (Å²) in [6.07, 6.45) is 11.3. The zero-order chi connectivity index (χ0) is 18.2. The molecule has 1 aromatic rings. The maximum absolute atomic E-state index is 12.0. The lowest BCUT2D eigenvalue weighted by Crippen LogP contribution is -2.54. The maximum atomic E-state index is 12.0. The molecule has 7 nitrogen and oxygen atoms in total. The van der Waals surface area contributed by atoms with Crippen molar-refractivity contribution in [3.63, 3.8) is 0 Å². The highest BCUT2D eigenvalue weighted by atomic mass is 32.2. The molecule has 26 heavy (non-hydrogen) atoms. The number of guanidine groups is 1. The van der Waals surface area contributed by atoms with Gasteiger partial charge in [0.15, 0.2) is 5.96 Å². The van der Waals surface area contributed by atoms with Crippen LogP contribution in [-0.2, 0) is 0 Å². The van der Waals surface area contributed by atoms with Crippen molar-refractivity contribution in [3.8, 4) is 0 Å². The Morgan fingerprint density at radius 2 is 2.08 bits per heavy atom. The zero-order valence-electron chi connectivity index (χ0n) is 15.4. The second-order valence-electron chi connectivity index (χ2n) is 6.83. The van der Waals surface area contributed by atoms with E-state index in [4.69, 9.17) is 0 Å². The fourth-order valence-electron chi connectivity index (χ4n) is 3.71. The number of carbonyl (C=O) groups excluding carboxylic acids is 1. The summed E-state index contributed by atoms with van der Waals surface area (Å²) in [7, 11) is 1.83. The molecule has 0 unspecified atom stereocenters. The van der Waals surface area contributed by atoms with Crippen molar-refractivity contribution in [1.82, 2.24) is 25.5 Å². The number of aromatic nitrogens is 2. The molecule has 1 aromatic heterocycles. The first-order valence-electron chi connectivity index (χ1n) is 9.36. The van der Waals surface area contributed by atoms with Crippen LogP contribution in [0.4, 0.5) is 0 Å². The molecule has 0 atom stereocenters. The lowest BCUT2D eigenvalue weighted by atomic mass is 9.87. The van der Waals surface area contributed by atoms with Gasteiger partial charge in [-0.25, -0.2) is 4.98 Å². The highest BCUT2D eigenvalue weighted by molar-refractivity contribution is 8.00. The van der Waals surface area contributed by atoms with E-state index in [0.717, 1.165) is 24.8 Å². The molecular formula is C18H28N6OS. The minimum Gasteiger partial charge on any atom is -0.354 e. The van der Waals surface area contributed by atoms with E-state index in [9.17, 15) is 4.79 Å². The molecule has 3 rings (SSSR count). The Hall–Kier alpha value is -1.83. The molecule has 0 aromatic carbocycles. The second-order valence-corrected chi connectivity index (χ2v) is 8.40. The van der Waals surface area contributed by atoms with Crippen LogP contribution in [0, 0.1) is 0 Å². The molecule has 2 N–H and O–H groups in total. The molecule has 1 saturated heterocycles. The second kappa shape index (κ2) is 9.21. The average Bonchev–Trinajstić information content (AvgIpc) is 2.69. The highest BCUT2D eigenvalue weighted by Gasteiger charge is 2.38. The van der Waals surface area contributed by atoms with Crippen LogP contribution in [0.1, 0.15) is 42.6 Å². The molecule has 1 aliphatic carbocycles. The molecule has 2 fully saturated rings. The summed E-state index contributed by atoms with van der Waals surface area (Å²) < 4.78 is 0.411. The third-order valence-electron chi connectivity index (χ3n) is 5.01. The Balaban J connectivity index is 1.45. The predicted octanol–water partition coefficient (Wildman–Crippen LogP) is 1.53. The fraction of sp³-hybridized carbons (Fsp3) is 0.667. The number of nitrogens with zero attached hydrogens (tertiary/aromatic N) is 4. The van der Waals surface area contributed by atoms with Gasteiger partial charge in [0.1, 0.15) is 5.69 Å². The summed E-state index contributed by atoms with van der Waals surface area (Å²) in [5.74, 6) is 1.89. The summed E-state index contributed by atoms with van der Waals surface area (Å²) >= 11 is 2.15. The van der Waals surface area contributed by atoms with Crippen molar-refractivity contribution >= 4 is 23.6 Å². The minimum atomic E-state index is -0.203. The Labute approximate surface area is 159 Å². The van der Waals surface area contributed by atoms with Gasteiger partial charge in [0.05, 0.1) is 6.20 Å². The standard InChI is InChI=1S/C18H28N6OS/c1-19-17(23-10-9-22-16(25)15-13-20-7-8-21-15)24-11-12-26-18(14-24)5-3-2-4-6-18/h7-8,13H,2-6,9-12,14H2,1H3,(H,19,23)(H,22,25). The van der Waals surface area contributed by atoms with Gasteiger partial charge in [-0.05, 0) is 12.8 Å². The fourth-order valence-corrected chi connectivity index (χ4v) is 5.28. The van der Waals surface area contributed by atoms with Gasteiger partial charge in [0, 0.05) is 56.1 Å². The van der Waals surface area contributed by atoms with Gasteiger partial charge in [-0.15, -0.1) is 0 Å². The molecule has 0 bridgehead atoms. The molecule has 1 amide bonds. The van der Waals surface area contributed by atoms with E-state index in [0.29, 0.717) is 23.5 Å². The number of carbonyl (C=O) groups is 1. The van der Waals surface area contributed by atoms with E-state index < -0.39 is 0 Å². The van der Waals surface area contributed by atoms with Gasteiger partial charge in [-0.2, -0.15) is 11.8 Å². The molecule has 8 heteroatoms. The smallest absolute Gasteiger partial charge is 0.271 e. The van der Waals surface area contributed by atoms with Crippen LogP contribution in [-0.4, -0.2) is 70.5 Å². The van der Waals surface area contributed by atoms with Crippen LogP contribution in [0.3, 0.4) is 0 Å². The highest BCUT2D eigenvalue weighted by Crippen LogP contribution is 2.42. The Morgan fingerprint density at radius 1 is 1.27 bits per heavy atom. The molecule has 1 spiro atoms. The quantitative estimate of drug-likeness (QED) is 0.471. The topological polar surface area (TPSA) is 82.5 Å². The van der Waals surface area contributed by atoms with E-state index in [1.54, 1.807) is 6.20 Å². The van der Waals surface area contributed by atoms with Crippen molar-refractivity contribution in [3.05, 3.63) is 24.3 Å². The third kappa shape index (κ3) is 4.87. The molecular weight excluding hydrogens is 348 g/mol. The van der Waals surface area contributed by atoms with Gasteiger partial charge < -0.3 is 15.5 Å². The first kappa shape index (κ1) is 18.9. The minimum absolute atomic E-state index is 0.203. The van der Waals surface area contributed by atoms with Gasteiger partial charge in [-0.1, -0.05) is 19.3 Å². The van der Waals surface area contributed by atoms with E-state index >= 15 is 0 Å². The van der Waals surface area contributed by atoms with Gasteiger partial charge >= 0.3 is 0 Å². The Kier molecular flexibility index (Phi) is 6.71. The Morgan fingerprint density at radius 3 is 2.81 bits per heavy atom. The molecule has 142 valence electrons. The Bertz CT molecular complexity index is 612. The number of amides is 1. The zero-order valence-corrected chi connectivity index (χ0v) is 16.2. The number of aliphatic imine (C=N–C) groups is 1. The SMILES string of the molecule is CN=C(NCCNC(=O)c1cnccn1)N1CCSC2(CCCCC2)C1. The van der Waals surface area contributed by atoms with Crippen molar-refractivity contribution in [2.75, 3.05) is 39.0 Å². The van der Waals surface area contributed by atoms with E-state index in [2.05, 4.69) is 42.3 Å². The lowest BCUT2D eigenvalue weighted by molar-refractivity contribution is 0.0949. The number of hydrogen-bond donors (Lipinski definition) is 2. The molecule has 0 radical (unpaired) electrons. The lowest BCUT2D eigenvalue weighted by Gasteiger charge is -2.45. The third-order valence-corrected chi connectivity index (χ3v) is 6.55. The summed E-state index contributed by atoms with van der Waals surface area (Å²) in [5, 5.41) is 6.24. The van der Waals surface area contributed by atoms with Crippen molar-refractivity contribution in [2.24, 2.45) is 4.99 Å². The van der Waals surface area contributed by atoms with Crippen LogP contribution in [0.2, 0.25) is 0 Å². The average molecular weight is 377 g/mol. The predicted molar refractivity (Wildman–Crippen MR) is 106 cm³/mol. The van der Waals surface area contributed by atoms with Crippen LogP contribution in [0.25, 0.3) is 0 Å². The molecule has 2 aliphatic rings. The van der Waals surface area contributed by atoms with E-state index in [-0.39, 0.29) is 5.91 Å². The van der Waals surface area contributed by atoms with Gasteiger partial charge in [-0.3, -0.25) is 14.8 Å². The number of rotatable bonds is 4. The molecule has 1 saturated carbocycles. The number of thioether (sulfide) groups is 1. The van der Waals surface area contributed by atoms with Crippen LogP contribution in [0.5, 0.6) is 0 Å². The summed E-state index contributed by atoms with van der Waals surface area (Å²) in [5.41, 5.74) is 0.337. The van der Waals surface area contributed by atoms with Crippen molar-refractivity contribution in [1.29, 1.82) is 0 Å². The molecule has 2 heterocycles. The van der Waals surface area contributed by atoms with E-state index in [1.165, 1.54) is 44.5 Å². The molecule has 1 aliphatic heterocycles. The maximum Gasteiger partial charge on any atom is 0.271 e. The first-order valence-corrected chi connectivity index (χ1v) is 10.3. The largest absolute Gasteiger partial charge is 0.354 e. The summed E-state index contributed by atoms with van der Waals surface area (Å²) in [4.78, 5) is 26.7. The van der Waals surface area contributed by atoms with Crippen LogP contribution in [0.15, 0.2) is 23.6 Å². The number of nitrogens with one attached hydrogen (secondary N) is 2. The van der Waals surface area contributed by atoms with Crippen LogP contribution < -0.4 is 10.6 Å². The van der Waals surface area contributed by atoms with E-state index in [1.807, 2.05) is 7.05 Å². The van der Waals surface area contributed by atoms with Gasteiger partial charge in [0.25, 0.3) is 5.91 Å². The van der Waals surface area contributed by atoms with Crippen LogP contribution >= 0.6 is 11.8 Å².